The van der Waals surface area contributed by atoms with E-state index >= 15 is 0 Å². The highest BCUT2D eigenvalue weighted by Crippen LogP contribution is 2.16. The first-order valence-corrected chi connectivity index (χ1v) is 8.54. The topological polar surface area (TPSA) is 92.7 Å². The van der Waals surface area contributed by atoms with Crippen LogP contribution >= 0.6 is 11.6 Å². The van der Waals surface area contributed by atoms with Gasteiger partial charge in [0.25, 0.3) is 11.5 Å². The predicted molar refractivity (Wildman–Crippen MR) is 103 cm³/mol. The van der Waals surface area contributed by atoms with Gasteiger partial charge in [0.05, 0.1) is 18.1 Å². The molecule has 4 rings (SSSR count). The summed E-state index contributed by atoms with van der Waals surface area (Å²) in [5.41, 5.74) is 0.797. The van der Waals surface area contributed by atoms with Crippen molar-refractivity contribution in [2.45, 2.75) is 6.54 Å². The Morgan fingerprint density at radius 2 is 1.81 bits per heavy atom. The second-order valence-corrected chi connectivity index (χ2v) is 6.34. The number of carbonyl (C=O) groups is 1. The van der Waals surface area contributed by atoms with Crippen molar-refractivity contribution in [3.8, 4) is 0 Å². The Kier molecular flexibility index (Phi) is 4.43. The van der Waals surface area contributed by atoms with Crippen LogP contribution in [0.2, 0.25) is 5.02 Å². The van der Waals surface area contributed by atoms with Crippen molar-refractivity contribution >= 4 is 34.1 Å². The summed E-state index contributed by atoms with van der Waals surface area (Å²) in [7, 11) is 0. The second-order valence-electron chi connectivity index (χ2n) is 5.90. The Morgan fingerprint density at radius 3 is 2.59 bits per heavy atom. The van der Waals surface area contributed by atoms with E-state index in [0.29, 0.717) is 28.2 Å². The summed E-state index contributed by atoms with van der Waals surface area (Å²) in [6.07, 6.45) is 1.60. The van der Waals surface area contributed by atoms with Crippen molar-refractivity contribution in [3.05, 3.63) is 87.4 Å². The number of carbonyl (C=O) groups excluding carboxylic acids is 1. The first-order valence-electron chi connectivity index (χ1n) is 8.17. The fourth-order valence-electron chi connectivity index (χ4n) is 2.79. The minimum absolute atomic E-state index is 0.143. The first-order chi connectivity index (χ1) is 13.1. The Balaban J connectivity index is 1.61. The number of nitrogens with zero attached hydrogens (tertiary/aromatic N) is 3. The highest BCUT2D eigenvalue weighted by atomic mass is 35.5. The molecule has 8 heteroatoms. The van der Waals surface area contributed by atoms with Crippen LogP contribution in [0.5, 0.6) is 0 Å². The zero-order valence-corrected chi connectivity index (χ0v) is 14.8. The molecule has 0 fully saturated rings. The Morgan fingerprint density at radius 1 is 1.07 bits per heavy atom. The largest absolute Gasteiger partial charge is 0.305 e. The summed E-state index contributed by atoms with van der Waals surface area (Å²) in [5, 5.41) is 14.9. The standard InChI is InChI=1S/C19H14ClN5O2/c20-13-7-5-12(6-8-13)11-25-16(9-10-21-25)22-19(27)17-14-3-1-2-4-15(14)18(26)24-23-17/h1-10H,11H2,(H,22,27)(H,24,26). The number of fused-ring (bicyclic) bond motifs is 1. The van der Waals surface area contributed by atoms with Gasteiger partial charge < -0.3 is 5.32 Å². The van der Waals surface area contributed by atoms with E-state index in [2.05, 4.69) is 20.6 Å². The fraction of sp³-hybridized carbons (Fsp3) is 0.0526. The molecule has 2 aromatic carbocycles. The number of anilines is 1. The lowest BCUT2D eigenvalue weighted by Crippen LogP contribution is -2.21. The molecule has 0 radical (unpaired) electrons. The van der Waals surface area contributed by atoms with Crippen LogP contribution in [-0.2, 0) is 6.54 Å². The number of rotatable bonds is 4. The lowest BCUT2D eigenvalue weighted by Gasteiger charge is -2.10. The van der Waals surface area contributed by atoms with Crippen LogP contribution in [0.15, 0.2) is 65.6 Å². The van der Waals surface area contributed by atoms with Gasteiger partial charge in [0.1, 0.15) is 5.82 Å². The summed E-state index contributed by atoms with van der Waals surface area (Å²) in [4.78, 5) is 24.6. The quantitative estimate of drug-likeness (QED) is 0.570. The molecule has 2 aromatic heterocycles. The molecule has 0 aliphatic rings. The molecule has 0 unspecified atom stereocenters. The molecule has 4 aromatic rings. The molecule has 0 saturated carbocycles. The number of halogens is 1. The molecule has 134 valence electrons. The monoisotopic (exact) mass is 379 g/mol. The van der Waals surface area contributed by atoms with Crippen LogP contribution in [0, 0.1) is 0 Å². The van der Waals surface area contributed by atoms with Crippen LogP contribution in [0.3, 0.4) is 0 Å². The molecule has 0 aliphatic heterocycles. The van der Waals surface area contributed by atoms with Crippen molar-refractivity contribution in [3.63, 3.8) is 0 Å². The van der Waals surface area contributed by atoms with E-state index in [-0.39, 0.29) is 11.3 Å². The van der Waals surface area contributed by atoms with E-state index < -0.39 is 5.91 Å². The van der Waals surface area contributed by atoms with Crippen molar-refractivity contribution in [1.29, 1.82) is 0 Å². The number of nitrogens with one attached hydrogen (secondary N) is 2. The SMILES string of the molecule is O=C(Nc1ccnn1Cc1ccc(Cl)cc1)c1n[nH]c(=O)c2ccccc12. The smallest absolute Gasteiger partial charge is 0.277 e. The first kappa shape index (κ1) is 17.0. The van der Waals surface area contributed by atoms with Gasteiger partial charge in [-0.15, -0.1) is 0 Å². The van der Waals surface area contributed by atoms with E-state index in [1.807, 2.05) is 12.1 Å². The molecular weight excluding hydrogens is 366 g/mol. The lowest BCUT2D eigenvalue weighted by atomic mass is 10.1. The van der Waals surface area contributed by atoms with Gasteiger partial charge >= 0.3 is 0 Å². The lowest BCUT2D eigenvalue weighted by molar-refractivity contribution is 0.102. The van der Waals surface area contributed by atoms with Crippen molar-refractivity contribution in [2.75, 3.05) is 5.32 Å². The number of amides is 1. The van der Waals surface area contributed by atoms with Gasteiger partial charge in [-0.2, -0.15) is 10.2 Å². The van der Waals surface area contributed by atoms with Gasteiger partial charge in [0, 0.05) is 16.5 Å². The molecule has 1 amide bonds. The van der Waals surface area contributed by atoms with Gasteiger partial charge in [0.15, 0.2) is 5.69 Å². The summed E-state index contributed by atoms with van der Waals surface area (Å²) in [6.45, 7) is 0.472. The molecule has 0 saturated heterocycles. The maximum Gasteiger partial charge on any atom is 0.277 e. The number of aromatic nitrogens is 4. The van der Waals surface area contributed by atoms with E-state index in [0.717, 1.165) is 5.56 Å². The molecule has 27 heavy (non-hydrogen) atoms. The second kappa shape index (κ2) is 7.05. The molecule has 2 heterocycles. The molecule has 0 bridgehead atoms. The van der Waals surface area contributed by atoms with Gasteiger partial charge in [0.2, 0.25) is 0 Å². The maximum absolute atomic E-state index is 12.7. The van der Waals surface area contributed by atoms with Crippen molar-refractivity contribution in [1.82, 2.24) is 20.0 Å². The molecule has 2 N–H and O–H groups in total. The highest BCUT2D eigenvalue weighted by Gasteiger charge is 2.16. The summed E-state index contributed by atoms with van der Waals surface area (Å²) in [6, 6.07) is 15.9. The molecule has 0 spiro atoms. The third kappa shape index (κ3) is 3.45. The highest BCUT2D eigenvalue weighted by molar-refractivity contribution is 6.30. The van der Waals surface area contributed by atoms with Gasteiger partial charge in [-0.3, -0.25) is 9.59 Å². The van der Waals surface area contributed by atoms with Gasteiger partial charge in [-0.05, 0) is 23.8 Å². The Labute approximate surface area is 158 Å². The number of aromatic amines is 1. The Hall–Kier alpha value is -3.45. The van der Waals surface area contributed by atoms with Crippen LogP contribution in [0.25, 0.3) is 10.8 Å². The van der Waals surface area contributed by atoms with Crippen molar-refractivity contribution in [2.24, 2.45) is 0 Å². The molecule has 7 nitrogen and oxygen atoms in total. The average molecular weight is 380 g/mol. The van der Waals surface area contributed by atoms with E-state index in [1.54, 1.807) is 53.3 Å². The third-order valence-electron chi connectivity index (χ3n) is 4.11. The molecular formula is C19H14ClN5O2. The summed E-state index contributed by atoms with van der Waals surface area (Å²) in [5.74, 6) is 0.0901. The fourth-order valence-corrected chi connectivity index (χ4v) is 2.92. The van der Waals surface area contributed by atoms with Crippen LogP contribution < -0.4 is 10.9 Å². The van der Waals surface area contributed by atoms with Gasteiger partial charge in [-0.1, -0.05) is 41.9 Å². The molecule has 0 aliphatic carbocycles. The number of benzene rings is 2. The van der Waals surface area contributed by atoms with E-state index in [4.69, 9.17) is 11.6 Å². The van der Waals surface area contributed by atoms with Gasteiger partial charge in [-0.25, -0.2) is 9.78 Å². The molecule has 0 atom stereocenters. The van der Waals surface area contributed by atoms with Crippen molar-refractivity contribution < 1.29 is 4.79 Å². The predicted octanol–water partition coefficient (Wildman–Crippen LogP) is 3.07. The van der Waals surface area contributed by atoms with Crippen LogP contribution in [-0.4, -0.2) is 25.9 Å². The minimum Gasteiger partial charge on any atom is -0.305 e. The number of hydrogen-bond acceptors (Lipinski definition) is 4. The Bertz CT molecular complexity index is 1180. The zero-order chi connectivity index (χ0) is 18.8. The zero-order valence-electron chi connectivity index (χ0n) is 14.0. The maximum atomic E-state index is 12.7. The third-order valence-corrected chi connectivity index (χ3v) is 4.37. The normalized spacial score (nSPS) is 10.9. The van der Waals surface area contributed by atoms with E-state index in [9.17, 15) is 9.59 Å². The van der Waals surface area contributed by atoms with E-state index in [1.165, 1.54) is 0 Å². The summed E-state index contributed by atoms with van der Waals surface area (Å²) >= 11 is 5.91. The number of H-pyrrole nitrogens is 1. The van der Waals surface area contributed by atoms with Crippen LogP contribution in [0.1, 0.15) is 16.1 Å². The minimum atomic E-state index is -0.430. The van der Waals surface area contributed by atoms with Crippen LogP contribution in [0.4, 0.5) is 5.82 Å². The number of hydrogen-bond donors (Lipinski definition) is 2. The average Bonchev–Trinajstić information content (AvgIpc) is 3.10. The summed E-state index contributed by atoms with van der Waals surface area (Å²) < 4.78 is 1.66.